The number of hydrogen-bond acceptors (Lipinski definition) is 4. The zero-order valence-electron chi connectivity index (χ0n) is 9.18. The molecule has 1 fully saturated rings. The van der Waals surface area contributed by atoms with Crippen molar-refractivity contribution in [3.05, 3.63) is 24.3 Å². The summed E-state index contributed by atoms with van der Waals surface area (Å²) in [6.45, 7) is 0.679. The van der Waals surface area contributed by atoms with E-state index in [1.807, 2.05) is 24.3 Å². The lowest BCUT2D eigenvalue weighted by Crippen LogP contribution is -2.26. The normalized spacial score (nSPS) is 19.6. The van der Waals surface area contributed by atoms with E-state index in [0.717, 1.165) is 23.1 Å². The Balaban J connectivity index is 1.77. The second-order valence-electron chi connectivity index (χ2n) is 3.98. The van der Waals surface area contributed by atoms with Crippen molar-refractivity contribution >= 4 is 32.6 Å². The smallest absolute Gasteiger partial charge is 0.255 e. The lowest BCUT2D eigenvalue weighted by molar-refractivity contribution is -0.124. The molecule has 17 heavy (non-hydrogen) atoms. The number of amides is 1. The van der Waals surface area contributed by atoms with Crippen molar-refractivity contribution in [1.82, 2.24) is 4.98 Å². The van der Waals surface area contributed by atoms with Gasteiger partial charge in [-0.25, -0.2) is 4.98 Å². The van der Waals surface area contributed by atoms with Crippen molar-refractivity contribution in [1.29, 1.82) is 0 Å². The van der Waals surface area contributed by atoms with E-state index in [-0.39, 0.29) is 12.0 Å². The molecule has 0 spiro atoms. The number of nitrogens with one attached hydrogen (secondary N) is 1. The number of hydrogen-bond donors (Lipinski definition) is 1. The molecule has 1 aromatic carbocycles. The highest BCUT2D eigenvalue weighted by Crippen LogP contribution is 2.26. The van der Waals surface area contributed by atoms with Gasteiger partial charge < -0.3 is 4.74 Å². The SMILES string of the molecule is O=C(Nc1nc2ccccc2s1)[C@@H]1CCCO1. The van der Waals surface area contributed by atoms with Gasteiger partial charge in [0.15, 0.2) is 5.13 Å². The van der Waals surface area contributed by atoms with Crippen molar-refractivity contribution in [3.8, 4) is 0 Å². The number of fused-ring (bicyclic) bond motifs is 1. The first kappa shape index (κ1) is 10.7. The molecule has 0 aliphatic carbocycles. The Labute approximate surface area is 103 Å². The molecule has 1 aromatic heterocycles. The highest BCUT2D eigenvalue weighted by molar-refractivity contribution is 7.22. The fraction of sp³-hybridized carbons (Fsp3) is 0.333. The number of ether oxygens (including phenoxy) is 1. The molecule has 1 aliphatic rings. The molecule has 88 valence electrons. The summed E-state index contributed by atoms with van der Waals surface area (Å²) < 4.78 is 6.40. The first-order valence-electron chi connectivity index (χ1n) is 5.61. The summed E-state index contributed by atoms with van der Waals surface area (Å²) in [7, 11) is 0. The number of benzene rings is 1. The lowest BCUT2D eigenvalue weighted by atomic mass is 10.2. The number of rotatable bonds is 2. The predicted molar refractivity (Wildman–Crippen MR) is 67.2 cm³/mol. The van der Waals surface area contributed by atoms with E-state index in [2.05, 4.69) is 10.3 Å². The Morgan fingerprint density at radius 1 is 1.47 bits per heavy atom. The van der Waals surface area contributed by atoms with Gasteiger partial charge in [-0.05, 0) is 25.0 Å². The minimum Gasteiger partial charge on any atom is -0.368 e. The molecule has 1 atom stereocenters. The van der Waals surface area contributed by atoms with E-state index in [9.17, 15) is 4.79 Å². The second-order valence-corrected chi connectivity index (χ2v) is 5.01. The first-order chi connectivity index (χ1) is 8.33. The fourth-order valence-corrected chi connectivity index (χ4v) is 2.76. The van der Waals surface area contributed by atoms with Crippen LogP contribution in [0.5, 0.6) is 0 Å². The molecule has 0 unspecified atom stereocenters. The van der Waals surface area contributed by atoms with Crippen LogP contribution in [-0.2, 0) is 9.53 Å². The Hall–Kier alpha value is -1.46. The molecule has 1 N–H and O–H groups in total. The predicted octanol–water partition coefficient (Wildman–Crippen LogP) is 2.41. The summed E-state index contributed by atoms with van der Waals surface area (Å²) in [5.74, 6) is -0.0819. The lowest BCUT2D eigenvalue weighted by Gasteiger charge is -2.07. The highest BCUT2D eigenvalue weighted by atomic mass is 32.1. The van der Waals surface area contributed by atoms with E-state index >= 15 is 0 Å². The van der Waals surface area contributed by atoms with Crippen LogP contribution in [-0.4, -0.2) is 23.6 Å². The van der Waals surface area contributed by atoms with Gasteiger partial charge in [0.2, 0.25) is 0 Å². The van der Waals surface area contributed by atoms with Gasteiger partial charge in [-0.3, -0.25) is 10.1 Å². The second kappa shape index (κ2) is 4.43. The molecule has 0 radical (unpaired) electrons. The summed E-state index contributed by atoms with van der Waals surface area (Å²) in [6.07, 6.45) is 1.45. The minimum atomic E-state index is -0.304. The number of anilines is 1. The maximum absolute atomic E-state index is 11.8. The van der Waals surface area contributed by atoms with Crippen LogP contribution in [0.25, 0.3) is 10.2 Å². The Kier molecular flexibility index (Phi) is 2.78. The van der Waals surface area contributed by atoms with Crippen LogP contribution in [0, 0.1) is 0 Å². The molecule has 0 bridgehead atoms. The third-order valence-corrected chi connectivity index (χ3v) is 3.70. The maximum atomic E-state index is 11.8. The van der Waals surface area contributed by atoms with Crippen LogP contribution in [0.3, 0.4) is 0 Å². The van der Waals surface area contributed by atoms with Gasteiger partial charge in [0, 0.05) is 6.61 Å². The highest BCUT2D eigenvalue weighted by Gasteiger charge is 2.24. The quantitative estimate of drug-likeness (QED) is 0.888. The van der Waals surface area contributed by atoms with Crippen molar-refractivity contribution in [2.75, 3.05) is 11.9 Å². The van der Waals surface area contributed by atoms with Crippen LogP contribution in [0.2, 0.25) is 0 Å². The average Bonchev–Trinajstić information content (AvgIpc) is 2.97. The molecule has 2 heterocycles. The molecule has 1 saturated heterocycles. The van der Waals surface area contributed by atoms with Crippen molar-refractivity contribution in [3.63, 3.8) is 0 Å². The number of carbonyl (C=O) groups is 1. The van der Waals surface area contributed by atoms with Gasteiger partial charge in [0.25, 0.3) is 5.91 Å². The van der Waals surface area contributed by atoms with Crippen molar-refractivity contribution < 1.29 is 9.53 Å². The summed E-state index contributed by atoms with van der Waals surface area (Å²) in [5.41, 5.74) is 0.917. The maximum Gasteiger partial charge on any atom is 0.255 e. The van der Waals surface area contributed by atoms with Crippen LogP contribution in [0.15, 0.2) is 24.3 Å². The zero-order valence-corrected chi connectivity index (χ0v) is 10.00. The number of aromatic nitrogens is 1. The standard InChI is InChI=1S/C12H12N2O2S/c15-11(9-5-3-7-16-9)14-12-13-8-4-1-2-6-10(8)17-12/h1-2,4,6,9H,3,5,7H2,(H,13,14,15)/t9-/m0/s1. The van der Waals surface area contributed by atoms with Crippen LogP contribution >= 0.6 is 11.3 Å². The first-order valence-corrected chi connectivity index (χ1v) is 6.42. The monoisotopic (exact) mass is 248 g/mol. The Morgan fingerprint density at radius 2 is 2.35 bits per heavy atom. The molecular weight excluding hydrogens is 236 g/mol. The van der Waals surface area contributed by atoms with Crippen molar-refractivity contribution in [2.24, 2.45) is 0 Å². The van der Waals surface area contributed by atoms with Crippen molar-refractivity contribution in [2.45, 2.75) is 18.9 Å². The molecule has 5 heteroatoms. The van der Waals surface area contributed by atoms with Gasteiger partial charge in [0.05, 0.1) is 10.2 Å². The molecule has 4 nitrogen and oxygen atoms in total. The van der Waals surface area contributed by atoms with Crippen LogP contribution in [0.4, 0.5) is 5.13 Å². The summed E-state index contributed by atoms with van der Waals surface area (Å²) >= 11 is 1.49. The summed E-state index contributed by atoms with van der Waals surface area (Å²) in [4.78, 5) is 16.2. The van der Waals surface area contributed by atoms with Gasteiger partial charge >= 0.3 is 0 Å². The van der Waals surface area contributed by atoms with E-state index < -0.39 is 0 Å². The van der Waals surface area contributed by atoms with E-state index in [1.54, 1.807) is 0 Å². The average molecular weight is 248 g/mol. The van der Waals surface area contributed by atoms with Gasteiger partial charge in [0.1, 0.15) is 6.10 Å². The number of thiazole rings is 1. The third kappa shape index (κ3) is 2.16. The number of carbonyl (C=O) groups excluding carboxylic acids is 1. The fourth-order valence-electron chi connectivity index (χ4n) is 1.90. The van der Waals surface area contributed by atoms with Crippen LogP contribution < -0.4 is 5.32 Å². The van der Waals surface area contributed by atoms with E-state index in [1.165, 1.54) is 11.3 Å². The molecule has 3 rings (SSSR count). The Morgan fingerprint density at radius 3 is 3.12 bits per heavy atom. The topological polar surface area (TPSA) is 51.2 Å². The van der Waals surface area contributed by atoms with Gasteiger partial charge in [-0.1, -0.05) is 23.5 Å². The molecule has 1 amide bonds. The molecular formula is C12H12N2O2S. The molecule has 2 aromatic rings. The molecule has 0 saturated carbocycles. The summed E-state index contributed by atoms with van der Waals surface area (Å²) in [5, 5.41) is 3.46. The van der Waals surface area contributed by atoms with Gasteiger partial charge in [-0.2, -0.15) is 0 Å². The number of nitrogens with zero attached hydrogens (tertiary/aromatic N) is 1. The molecule has 1 aliphatic heterocycles. The largest absolute Gasteiger partial charge is 0.368 e. The van der Waals surface area contributed by atoms with E-state index in [0.29, 0.717) is 11.7 Å². The van der Waals surface area contributed by atoms with Gasteiger partial charge in [-0.15, -0.1) is 0 Å². The van der Waals surface area contributed by atoms with E-state index in [4.69, 9.17) is 4.74 Å². The minimum absolute atomic E-state index is 0.0819. The third-order valence-electron chi connectivity index (χ3n) is 2.75. The zero-order chi connectivity index (χ0) is 11.7. The van der Waals surface area contributed by atoms with Crippen LogP contribution in [0.1, 0.15) is 12.8 Å². The number of para-hydroxylation sites is 1. The Bertz CT molecular complexity index is 513. The summed E-state index contributed by atoms with van der Waals surface area (Å²) in [6, 6.07) is 7.84.